The average molecular weight is 226 g/mol. The van der Waals surface area contributed by atoms with Crippen molar-refractivity contribution in [2.24, 2.45) is 0 Å². The van der Waals surface area contributed by atoms with Crippen molar-refractivity contribution in [1.29, 1.82) is 0 Å². The van der Waals surface area contributed by atoms with Gasteiger partial charge in [-0.25, -0.2) is 0 Å². The largest absolute Gasteiger partial charge is 0.491 e. The molecule has 0 heterocycles. The highest BCUT2D eigenvalue weighted by Crippen LogP contribution is 2.22. The summed E-state index contributed by atoms with van der Waals surface area (Å²) in [6.45, 7) is 0.201. The molecule has 0 bridgehead atoms. The number of hydrogen-bond donors (Lipinski definition) is 1. The zero-order chi connectivity index (χ0) is 11.8. The summed E-state index contributed by atoms with van der Waals surface area (Å²) in [6, 6.07) is 4.83. The number of aliphatic hydroxyl groups is 1. The van der Waals surface area contributed by atoms with E-state index < -0.39 is 0 Å². The zero-order valence-electron chi connectivity index (χ0n) is 9.01. The third kappa shape index (κ3) is 3.52. The first-order valence-corrected chi connectivity index (χ1v) is 4.76. The van der Waals surface area contributed by atoms with Gasteiger partial charge in [-0.3, -0.25) is 4.79 Å². The highest BCUT2D eigenvalue weighted by atomic mass is 16.7. The van der Waals surface area contributed by atoms with Crippen LogP contribution < -0.4 is 9.47 Å². The topological polar surface area (TPSA) is 65.0 Å². The number of carbonyl (C=O) groups is 1. The molecule has 0 saturated carbocycles. The fraction of sp³-hybridized carbons (Fsp3) is 0.364. The van der Waals surface area contributed by atoms with Crippen molar-refractivity contribution in [3.63, 3.8) is 0 Å². The highest BCUT2D eigenvalue weighted by molar-refractivity contribution is 5.80. The summed E-state index contributed by atoms with van der Waals surface area (Å²) in [6.07, 6.45) is 0.677. The fourth-order valence-electron chi connectivity index (χ4n) is 1.13. The van der Waals surface area contributed by atoms with Crippen LogP contribution in [0.1, 0.15) is 10.4 Å². The van der Waals surface area contributed by atoms with E-state index in [1.165, 1.54) is 7.11 Å². The minimum atomic E-state index is -0.0711. The second-order valence-corrected chi connectivity index (χ2v) is 2.94. The number of ether oxygens (including phenoxy) is 3. The van der Waals surface area contributed by atoms with E-state index in [2.05, 4.69) is 0 Å². The van der Waals surface area contributed by atoms with Gasteiger partial charge in [-0.1, -0.05) is 0 Å². The van der Waals surface area contributed by atoms with Crippen LogP contribution in [0.3, 0.4) is 0 Å². The molecule has 5 heteroatoms. The predicted molar refractivity (Wildman–Crippen MR) is 56.9 cm³/mol. The molecular weight excluding hydrogens is 212 g/mol. The number of rotatable bonds is 7. The lowest BCUT2D eigenvalue weighted by atomic mass is 10.2. The molecular formula is C11H14O5. The van der Waals surface area contributed by atoms with Crippen LogP contribution in [0.5, 0.6) is 11.5 Å². The van der Waals surface area contributed by atoms with E-state index in [1.807, 2.05) is 0 Å². The summed E-state index contributed by atoms with van der Waals surface area (Å²) in [5.74, 6) is 0.953. The average Bonchev–Trinajstić information content (AvgIpc) is 2.34. The Morgan fingerprint density at radius 3 is 2.81 bits per heavy atom. The maximum Gasteiger partial charge on any atom is 0.188 e. The molecule has 0 aliphatic heterocycles. The fourth-order valence-corrected chi connectivity index (χ4v) is 1.13. The Labute approximate surface area is 93.6 Å². The van der Waals surface area contributed by atoms with Crippen LogP contribution in [0.15, 0.2) is 18.2 Å². The standard InChI is InChI=1S/C11H14O5/c1-14-8-16-11-3-2-10(15-5-4-12)6-9(11)7-13/h2-3,6-7,12H,4-5,8H2,1H3. The summed E-state index contributed by atoms with van der Waals surface area (Å²) in [4.78, 5) is 10.8. The minimum Gasteiger partial charge on any atom is -0.491 e. The third-order valence-corrected chi connectivity index (χ3v) is 1.80. The third-order valence-electron chi connectivity index (χ3n) is 1.80. The molecule has 0 aliphatic carbocycles. The van der Waals surface area contributed by atoms with Crippen LogP contribution in [0, 0.1) is 0 Å². The Bertz CT molecular complexity index is 337. The second-order valence-electron chi connectivity index (χ2n) is 2.94. The maximum absolute atomic E-state index is 10.8. The molecule has 0 unspecified atom stereocenters. The van der Waals surface area contributed by atoms with Gasteiger partial charge in [-0.05, 0) is 18.2 Å². The Morgan fingerprint density at radius 2 is 2.19 bits per heavy atom. The molecule has 0 radical (unpaired) electrons. The molecule has 0 saturated heterocycles. The zero-order valence-corrected chi connectivity index (χ0v) is 9.01. The molecule has 16 heavy (non-hydrogen) atoms. The number of carbonyl (C=O) groups excluding carboxylic acids is 1. The monoisotopic (exact) mass is 226 g/mol. The van der Waals surface area contributed by atoms with Crippen molar-refractivity contribution in [1.82, 2.24) is 0 Å². The number of aldehydes is 1. The quantitative estimate of drug-likeness (QED) is 0.551. The number of aliphatic hydroxyl groups excluding tert-OH is 1. The molecule has 0 atom stereocenters. The lowest BCUT2D eigenvalue weighted by molar-refractivity contribution is 0.0505. The molecule has 1 aromatic carbocycles. The first kappa shape index (κ1) is 12.5. The van der Waals surface area contributed by atoms with E-state index in [0.717, 1.165) is 0 Å². The number of benzene rings is 1. The molecule has 0 spiro atoms. The Balaban J connectivity index is 2.75. The van der Waals surface area contributed by atoms with Gasteiger partial charge in [0.1, 0.15) is 18.1 Å². The van der Waals surface area contributed by atoms with Gasteiger partial charge in [0.05, 0.1) is 12.2 Å². The van der Waals surface area contributed by atoms with E-state index in [9.17, 15) is 4.79 Å². The second kappa shape index (κ2) is 6.81. The van der Waals surface area contributed by atoms with Gasteiger partial charge in [-0.2, -0.15) is 0 Å². The lowest BCUT2D eigenvalue weighted by Gasteiger charge is -2.09. The van der Waals surface area contributed by atoms with E-state index in [1.54, 1.807) is 18.2 Å². The Hall–Kier alpha value is -1.59. The van der Waals surface area contributed by atoms with Crippen LogP contribution in [-0.4, -0.2) is 38.5 Å². The van der Waals surface area contributed by atoms with Gasteiger partial charge in [0.25, 0.3) is 0 Å². The van der Waals surface area contributed by atoms with Crippen molar-refractivity contribution in [2.75, 3.05) is 27.1 Å². The summed E-state index contributed by atoms with van der Waals surface area (Å²) >= 11 is 0. The molecule has 0 fully saturated rings. The van der Waals surface area contributed by atoms with Gasteiger partial charge in [-0.15, -0.1) is 0 Å². The van der Waals surface area contributed by atoms with Gasteiger partial charge in [0.2, 0.25) is 0 Å². The van der Waals surface area contributed by atoms with E-state index >= 15 is 0 Å². The first-order valence-electron chi connectivity index (χ1n) is 4.76. The Kier molecular flexibility index (Phi) is 5.31. The summed E-state index contributed by atoms with van der Waals surface area (Å²) in [5.41, 5.74) is 0.382. The van der Waals surface area contributed by atoms with Gasteiger partial charge in [0, 0.05) is 7.11 Å². The highest BCUT2D eigenvalue weighted by Gasteiger charge is 2.05. The lowest BCUT2D eigenvalue weighted by Crippen LogP contribution is -2.04. The van der Waals surface area contributed by atoms with E-state index in [-0.39, 0.29) is 20.0 Å². The van der Waals surface area contributed by atoms with Crippen LogP contribution in [-0.2, 0) is 4.74 Å². The van der Waals surface area contributed by atoms with Crippen molar-refractivity contribution in [3.05, 3.63) is 23.8 Å². The van der Waals surface area contributed by atoms with Gasteiger partial charge >= 0.3 is 0 Å². The van der Waals surface area contributed by atoms with Crippen molar-refractivity contribution in [3.8, 4) is 11.5 Å². The molecule has 1 aromatic rings. The first-order chi connectivity index (χ1) is 7.81. The van der Waals surface area contributed by atoms with Crippen LogP contribution in [0.4, 0.5) is 0 Å². The SMILES string of the molecule is COCOc1ccc(OCCO)cc1C=O. The normalized spacial score (nSPS) is 9.88. The molecule has 1 N–H and O–H groups in total. The molecule has 0 aliphatic rings. The molecule has 5 nitrogen and oxygen atoms in total. The van der Waals surface area contributed by atoms with Crippen LogP contribution >= 0.6 is 0 Å². The summed E-state index contributed by atoms with van der Waals surface area (Å²) in [5, 5.41) is 8.59. The summed E-state index contributed by atoms with van der Waals surface area (Å²) < 4.78 is 15.1. The smallest absolute Gasteiger partial charge is 0.188 e. The van der Waals surface area contributed by atoms with Gasteiger partial charge < -0.3 is 19.3 Å². The van der Waals surface area contributed by atoms with E-state index in [0.29, 0.717) is 23.3 Å². The Morgan fingerprint density at radius 1 is 1.38 bits per heavy atom. The molecule has 88 valence electrons. The van der Waals surface area contributed by atoms with Crippen molar-refractivity contribution >= 4 is 6.29 Å². The number of hydrogen-bond acceptors (Lipinski definition) is 5. The molecule has 0 amide bonds. The minimum absolute atomic E-state index is 0.0711. The van der Waals surface area contributed by atoms with Crippen molar-refractivity contribution in [2.45, 2.75) is 0 Å². The molecule has 1 rings (SSSR count). The van der Waals surface area contributed by atoms with Crippen LogP contribution in [0.2, 0.25) is 0 Å². The number of methoxy groups -OCH3 is 1. The van der Waals surface area contributed by atoms with E-state index in [4.69, 9.17) is 19.3 Å². The maximum atomic E-state index is 10.8. The van der Waals surface area contributed by atoms with Gasteiger partial charge in [0.15, 0.2) is 13.1 Å². The predicted octanol–water partition coefficient (Wildman–Crippen LogP) is 0.853. The summed E-state index contributed by atoms with van der Waals surface area (Å²) in [7, 11) is 1.50. The van der Waals surface area contributed by atoms with Crippen LogP contribution in [0.25, 0.3) is 0 Å². The molecule has 0 aromatic heterocycles. The van der Waals surface area contributed by atoms with Crippen molar-refractivity contribution < 1.29 is 24.1 Å².